The summed E-state index contributed by atoms with van der Waals surface area (Å²) >= 11 is 0. The first-order valence-corrected chi connectivity index (χ1v) is 8.70. The van der Waals surface area contributed by atoms with Gasteiger partial charge < -0.3 is 5.11 Å². The topological polar surface area (TPSA) is 99.2 Å². The normalized spacial score (nSPS) is 10.3. The molecule has 28 heavy (non-hydrogen) atoms. The van der Waals surface area contributed by atoms with E-state index in [2.05, 4.69) is 11.2 Å². The molecule has 3 rings (SSSR count). The van der Waals surface area contributed by atoms with Gasteiger partial charge in [0, 0.05) is 30.9 Å². The number of amides is 1. The number of benzene rings is 2. The second-order valence-corrected chi connectivity index (χ2v) is 6.11. The third-order valence-corrected chi connectivity index (χ3v) is 4.26. The summed E-state index contributed by atoms with van der Waals surface area (Å²) in [6.45, 7) is 2.08. The third-order valence-electron chi connectivity index (χ3n) is 4.26. The molecule has 7 nitrogen and oxygen atoms in total. The van der Waals surface area contributed by atoms with Crippen LogP contribution in [0.4, 0.5) is 10.5 Å². The predicted molar refractivity (Wildman–Crippen MR) is 105 cm³/mol. The molecule has 0 radical (unpaired) electrons. The van der Waals surface area contributed by atoms with Crippen LogP contribution in [0.2, 0.25) is 0 Å². The van der Waals surface area contributed by atoms with Crippen LogP contribution in [0, 0.1) is 11.3 Å². The number of hydrogen-bond acceptors (Lipinski definition) is 4. The minimum absolute atomic E-state index is 0.205. The number of carbonyl (C=O) groups is 1. The maximum Gasteiger partial charge on any atom is 0.411 e. The molecule has 7 heteroatoms. The van der Waals surface area contributed by atoms with Crippen LogP contribution in [-0.2, 0) is 6.42 Å². The average molecular weight is 374 g/mol. The van der Waals surface area contributed by atoms with E-state index < -0.39 is 6.09 Å². The Morgan fingerprint density at radius 2 is 2.00 bits per heavy atom. The van der Waals surface area contributed by atoms with Gasteiger partial charge in [0.1, 0.15) is 5.69 Å². The van der Waals surface area contributed by atoms with E-state index >= 15 is 0 Å². The highest BCUT2D eigenvalue weighted by atomic mass is 16.4. The number of anilines is 1. The third kappa shape index (κ3) is 4.07. The van der Waals surface area contributed by atoms with E-state index in [0.717, 1.165) is 5.56 Å². The summed E-state index contributed by atoms with van der Waals surface area (Å²) in [5.74, 6) is 0. The summed E-state index contributed by atoms with van der Waals surface area (Å²) in [4.78, 5) is 24.9. The highest BCUT2D eigenvalue weighted by Crippen LogP contribution is 2.18. The fourth-order valence-electron chi connectivity index (χ4n) is 2.89. The van der Waals surface area contributed by atoms with E-state index in [1.165, 1.54) is 11.0 Å². The van der Waals surface area contributed by atoms with Gasteiger partial charge in [0.15, 0.2) is 0 Å². The van der Waals surface area contributed by atoms with Crippen LogP contribution in [0.15, 0.2) is 65.6 Å². The summed E-state index contributed by atoms with van der Waals surface area (Å²) in [5.41, 5.74) is 2.64. The van der Waals surface area contributed by atoms with Gasteiger partial charge in [-0.1, -0.05) is 18.2 Å². The first-order chi connectivity index (χ1) is 13.5. The van der Waals surface area contributed by atoms with Crippen molar-refractivity contribution in [2.24, 2.45) is 0 Å². The lowest BCUT2D eigenvalue weighted by Gasteiger charge is -2.17. The van der Waals surface area contributed by atoms with Gasteiger partial charge in [-0.05, 0) is 42.8 Å². The molecule has 0 saturated carbocycles. The van der Waals surface area contributed by atoms with Crippen molar-refractivity contribution in [2.75, 3.05) is 11.4 Å². The molecular weight excluding hydrogens is 356 g/mol. The quantitative estimate of drug-likeness (QED) is 0.739. The smallest absolute Gasteiger partial charge is 0.411 e. The van der Waals surface area contributed by atoms with Crippen LogP contribution in [-0.4, -0.2) is 27.5 Å². The summed E-state index contributed by atoms with van der Waals surface area (Å²) in [5, 5.41) is 22.8. The highest BCUT2D eigenvalue weighted by Gasteiger charge is 2.13. The largest absolute Gasteiger partial charge is 0.465 e. The van der Waals surface area contributed by atoms with E-state index in [9.17, 15) is 14.7 Å². The first-order valence-electron chi connectivity index (χ1n) is 8.70. The summed E-state index contributed by atoms with van der Waals surface area (Å²) in [6.07, 6.45) is 0.794. The molecule has 0 aliphatic heterocycles. The van der Waals surface area contributed by atoms with Crippen LogP contribution >= 0.6 is 0 Å². The standard InChI is InChI=1S/C21H18N4O3/c1-2-24(21(27)28)17-7-3-5-15(11-17)13-19-20(26)9-10-25(23-19)18-8-4-6-16(12-18)14-22/h3-12H,2,13H2,1H3,(H,27,28). The van der Waals surface area contributed by atoms with E-state index in [1.807, 2.05) is 6.07 Å². The van der Waals surface area contributed by atoms with Gasteiger partial charge in [0.25, 0.3) is 0 Å². The monoisotopic (exact) mass is 374 g/mol. The molecule has 2 aromatic carbocycles. The van der Waals surface area contributed by atoms with Crippen molar-refractivity contribution in [3.8, 4) is 11.8 Å². The molecule has 140 valence electrons. The second-order valence-electron chi connectivity index (χ2n) is 6.11. The number of nitriles is 1. The summed E-state index contributed by atoms with van der Waals surface area (Å²) in [7, 11) is 0. The molecule has 3 aromatic rings. The van der Waals surface area contributed by atoms with Crippen molar-refractivity contribution in [1.82, 2.24) is 9.78 Å². The molecule has 0 unspecified atom stereocenters. The molecule has 1 aromatic heterocycles. The van der Waals surface area contributed by atoms with Crippen molar-refractivity contribution < 1.29 is 9.90 Å². The molecule has 0 atom stereocenters. The summed E-state index contributed by atoms with van der Waals surface area (Å²) in [6, 6.07) is 17.5. The van der Waals surface area contributed by atoms with Crippen molar-refractivity contribution in [3.63, 3.8) is 0 Å². The van der Waals surface area contributed by atoms with Crippen molar-refractivity contribution in [1.29, 1.82) is 5.26 Å². The van der Waals surface area contributed by atoms with Crippen molar-refractivity contribution in [3.05, 3.63) is 87.8 Å². The van der Waals surface area contributed by atoms with Crippen LogP contribution < -0.4 is 10.3 Å². The van der Waals surface area contributed by atoms with Crippen LogP contribution in [0.3, 0.4) is 0 Å². The second kappa shape index (κ2) is 8.18. The lowest BCUT2D eigenvalue weighted by Crippen LogP contribution is -2.28. The Balaban J connectivity index is 1.94. The maximum absolute atomic E-state index is 12.3. The maximum atomic E-state index is 12.3. The van der Waals surface area contributed by atoms with Crippen molar-refractivity contribution >= 4 is 11.8 Å². The molecule has 0 saturated heterocycles. The van der Waals surface area contributed by atoms with Crippen molar-refractivity contribution in [2.45, 2.75) is 13.3 Å². The molecule has 1 N–H and O–H groups in total. The van der Waals surface area contributed by atoms with Gasteiger partial charge >= 0.3 is 6.09 Å². The van der Waals surface area contributed by atoms with E-state index in [0.29, 0.717) is 29.2 Å². The summed E-state index contributed by atoms with van der Waals surface area (Å²) < 4.78 is 1.55. The van der Waals surface area contributed by atoms with Gasteiger partial charge in [-0.15, -0.1) is 0 Å². The van der Waals surface area contributed by atoms with E-state index in [1.54, 1.807) is 60.3 Å². The number of carboxylic acid groups (broad SMARTS) is 1. The SMILES string of the molecule is CCN(C(=O)O)c1cccc(Cc2nn(-c3cccc(C#N)c3)ccc2=O)c1. The number of aromatic nitrogens is 2. The lowest BCUT2D eigenvalue weighted by molar-refractivity contribution is 0.202. The minimum atomic E-state index is -1.03. The molecule has 0 bridgehead atoms. The average Bonchev–Trinajstić information content (AvgIpc) is 2.70. The molecule has 0 aliphatic rings. The molecule has 1 heterocycles. The van der Waals surface area contributed by atoms with E-state index in [-0.39, 0.29) is 11.8 Å². The highest BCUT2D eigenvalue weighted by molar-refractivity contribution is 5.86. The fraction of sp³-hybridized carbons (Fsp3) is 0.143. The first kappa shape index (κ1) is 18.9. The zero-order valence-corrected chi connectivity index (χ0v) is 15.2. The zero-order chi connectivity index (χ0) is 20.1. The van der Waals surface area contributed by atoms with Crippen LogP contribution in [0.5, 0.6) is 0 Å². The van der Waals surface area contributed by atoms with Crippen LogP contribution in [0.25, 0.3) is 5.69 Å². The van der Waals surface area contributed by atoms with E-state index in [4.69, 9.17) is 5.26 Å². The van der Waals surface area contributed by atoms with Gasteiger partial charge in [-0.25, -0.2) is 9.48 Å². The van der Waals surface area contributed by atoms with Gasteiger partial charge in [-0.2, -0.15) is 10.4 Å². The number of rotatable bonds is 5. The molecule has 1 amide bonds. The Hall–Kier alpha value is -3.92. The zero-order valence-electron chi connectivity index (χ0n) is 15.2. The fourth-order valence-corrected chi connectivity index (χ4v) is 2.89. The molecule has 0 aliphatic carbocycles. The lowest BCUT2D eigenvalue weighted by atomic mass is 10.1. The molecular formula is C21H18N4O3. The Labute approximate surface area is 161 Å². The van der Waals surface area contributed by atoms with Gasteiger partial charge in [0.05, 0.1) is 17.3 Å². The Bertz CT molecular complexity index is 1110. The number of nitrogens with zero attached hydrogens (tertiary/aromatic N) is 4. The Morgan fingerprint density at radius 1 is 1.21 bits per heavy atom. The Morgan fingerprint density at radius 3 is 2.71 bits per heavy atom. The predicted octanol–water partition coefficient (Wildman–Crippen LogP) is 3.20. The van der Waals surface area contributed by atoms with Gasteiger partial charge in [-0.3, -0.25) is 9.69 Å². The molecule has 0 fully saturated rings. The number of hydrogen-bond donors (Lipinski definition) is 1. The Kier molecular flexibility index (Phi) is 5.51. The minimum Gasteiger partial charge on any atom is -0.465 e. The molecule has 0 spiro atoms. The van der Waals surface area contributed by atoms with Crippen LogP contribution in [0.1, 0.15) is 23.7 Å². The van der Waals surface area contributed by atoms with Gasteiger partial charge in [0.2, 0.25) is 5.43 Å².